The van der Waals surface area contributed by atoms with Gasteiger partial charge in [-0.05, 0) is 36.2 Å². The monoisotopic (exact) mass is 430 g/mol. The summed E-state index contributed by atoms with van der Waals surface area (Å²) in [6.07, 6.45) is 2.42. The highest BCUT2D eigenvalue weighted by molar-refractivity contribution is 7.89. The highest BCUT2D eigenvalue weighted by Crippen LogP contribution is 2.24. The molecule has 0 aliphatic carbocycles. The zero-order chi connectivity index (χ0) is 21.7. The van der Waals surface area contributed by atoms with E-state index in [1.165, 1.54) is 9.21 Å². The van der Waals surface area contributed by atoms with E-state index < -0.39 is 10.0 Å². The average Bonchev–Trinajstić information content (AvgIpc) is 2.75. The van der Waals surface area contributed by atoms with E-state index in [4.69, 9.17) is 0 Å². The van der Waals surface area contributed by atoms with Gasteiger partial charge in [0.15, 0.2) is 0 Å². The standard InChI is InChI=1S/C23H31N3O3S/c1-4-22(18-8-6-5-7-9-18)23(27)24-19-10-12-21(13-11-19)30(28,29)26(3)20-14-16-25(2)17-15-20/h5-13,20,22H,4,14-17H2,1-3H3,(H,24,27)/p+1/t22-/m1/s1. The second-order valence-electron chi connectivity index (χ2n) is 8.09. The van der Waals surface area contributed by atoms with Crippen LogP contribution in [0.3, 0.4) is 0 Å². The van der Waals surface area contributed by atoms with Crippen molar-refractivity contribution in [3.8, 4) is 0 Å². The van der Waals surface area contributed by atoms with Crippen molar-refractivity contribution in [1.29, 1.82) is 0 Å². The fraction of sp³-hybridized carbons (Fsp3) is 0.435. The van der Waals surface area contributed by atoms with Crippen molar-refractivity contribution in [1.82, 2.24) is 4.31 Å². The number of hydrogen-bond acceptors (Lipinski definition) is 3. The lowest BCUT2D eigenvalue weighted by Crippen LogP contribution is -3.10. The summed E-state index contributed by atoms with van der Waals surface area (Å²) in [5, 5.41) is 2.92. The molecule has 0 radical (unpaired) electrons. The van der Waals surface area contributed by atoms with Gasteiger partial charge in [-0.15, -0.1) is 0 Å². The molecule has 2 aromatic rings. The number of carbonyl (C=O) groups is 1. The highest BCUT2D eigenvalue weighted by Gasteiger charge is 2.31. The van der Waals surface area contributed by atoms with Crippen LogP contribution in [0.1, 0.15) is 37.7 Å². The second kappa shape index (κ2) is 9.73. The number of piperidine rings is 1. The fourth-order valence-corrected chi connectivity index (χ4v) is 5.43. The minimum Gasteiger partial charge on any atom is -0.337 e. The molecule has 1 amide bonds. The lowest BCUT2D eigenvalue weighted by Gasteiger charge is -2.32. The van der Waals surface area contributed by atoms with E-state index in [-0.39, 0.29) is 22.8 Å². The summed E-state index contributed by atoms with van der Waals surface area (Å²) < 4.78 is 27.5. The number of carbonyl (C=O) groups excluding carboxylic acids is 1. The van der Waals surface area contributed by atoms with Gasteiger partial charge in [0.05, 0.1) is 31.0 Å². The van der Waals surface area contributed by atoms with Crippen LogP contribution in [0.5, 0.6) is 0 Å². The molecule has 162 valence electrons. The first-order valence-corrected chi connectivity index (χ1v) is 12.0. The number of hydrogen-bond donors (Lipinski definition) is 2. The summed E-state index contributed by atoms with van der Waals surface area (Å²) in [6.45, 7) is 3.94. The van der Waals surface area contributed by atoms with E-state index in [1.54, 1.807) is 31.3 Å². The molecule has 3 rings (SSSR count). The molecule has 7 heteroatoms. The number of likely N-dealkylation sites (tertiary alicyclic amines) is 1. The Morgan fingerprint density at radius 3 is 2.27 bits per heavy atom. The molecule has 0 aromatic heterocycles. The van der Waals surface area contributed by atoms with Crippen molar-refractivity contribution in [2.24, 2.45) is 0 Å². The van der Waals surface area contributed by atoms with Gasteiger partial charge in [-0.2, -0.15) is 4.31 Å². The minimum atomic E-state index is -3.55. The highest BCUT2D eigenvalue weighted by atomic mass is 32.2. The Bertz CT molecular complexity index is 937. The summed E-state index contributed by atoms with van der Waals surface area (Å²) >= 11 is 0. The SMILES string of the molecule is CC[C@@H](C(=O)Nc1ccc(S(=O)(=O)N(C)C2CC[NH+](C)CC2)cc1)c1ccccc1. The van der Waals surface area contributed by atoms with Crippen LogP contribution in [0.4, 0.5) is 5.69 Å². The van der Waals surface area contributed by atoms with Gasteiger partial charge in [-0.25, -0.2) is 8.42 Å². The van der Waals surface area contributed by atoms with Crippen molar-refractivity contribution in [3.63, 3.8) is 0 Å². The van der Waals surface area contributed by atoms with Gasteiger partial charge in [0.2, 0.25) is 15.9 Å². The number of nitrogens with zero attached hydrogens (tertiary/aromatic N) is 1. The summed E-state index contributed by atoms with van der Waals surface area (Å²) in [7, 11) is 0.252. The van der Waals surface area contributed by atoms with Crippen molar-refractivity contribution in [2.75, 3.05) is 32.5 Å². The molecule has 6 nitrogen and oxygen atoms in total. The molecule has 0 saturated carbocycles. The van der Waals surface area contributed by atoms with Gasteiger partial charge in [0.1, 0.15) is 0 Å². The van der Waals surface area contributed by atoms with Gasteiger partial charge in [-0.3, -0.25) is 4.79 Å². The Morgan fingerprint density at radius 1 is 1.10 bits per heavy atom. The lowest BCUT2D eigenvalue weighted by atomic mass is 9.95. The van der Waals surface area contributed by atoms with Crippen molar-refractivity contribution >= 4 is 21.6 Å². The van der Waals surface area contributed by atoms with Crippen molar-refractivity contribution in [3.05, 3.63) is 60.2 Å². The molecule has 30 heavy (non-hydrogen) atoms. The third kappa shape index (κ3) is 5.09. The smallest absolute Gasteiger partial charge is 0.243 e. The third-order valence-corrected chi connectivity index (χ3v) is 7.97. The van der Waals surface area contributed by atoms with Crippen LogP contribution in [-0.2, 0) is 14.8 Å². The van der Waals surface area contributed by atoms with E-state index in [9.17, 15) is 13.2 Å². The summed E-state index contributed by atoms with van der Waals surface area (Å²) in [4.78, 5) is 14.4. The third-order valence-electron chi connectivity index (χ3n) is 6.05. The fourth-order valence-electron chi connectivity index (χ4n) is 4.02. The van der Waals surface area contributed by atoms with Crippen LogP contribution in [0.15, 0.2) is 59.5 Å². The normalized spacial score (nSPS) is 20.7. The number of quaternary nitrogens is 1. The topological polar surface area (TPSA) is 70.9 Å². The molecule has 1 heterocycles. The van der Waals surface area contributed by atoms with E-state index in [0.29, 0.717) is 12.1 Å². The summed E-state index contributed by atoms with van der Waals surface area (Å²) in [5.74, 6) is -0.336. The van der Waals surface area contributed by atoms with Gasteiger partial charge < -0.3 is 10.2 Å². The average molecular weight is 431 g/mol. The van der Waals surface area contributed by atoms with Crippen molar-refractivity contribution in [2.45, 2.75) is 43.0 Å². The number of amides is 1. The molecule has 1 aliphatic heterocycles. The molecular weight excluding hydrogens is 398 g/mol. The van der Waals surface area contributed by atoms with Crippen LogP contribution in [-0.4, -0.2) is 51.9 Å². The summed E-state index contributed by atoms with van der Waals surface area (Å²) in [5.41, 5.74) is 1.57. The first kappa shape index (κ1) is 22.5. The Balaban J connectivity index is 1.68. The molecule has 0 bridgehead atoms. The van der Waals surface area contributed by atoms with Crippen LogP contribution in [0.2, 0.25) is 0 Å². The molecule has 1 fully saturated rings. The molecule has 1 saturated heterocycles. The predicted octanol–water partition coefficient (Wildman–Crippen LogP) is 2.12. The Hall–Kier alpha value is -2.22. The van der Waals surface area contributed by atoms with Crippen LogP contribution in [0, 0.1) is 0 Å². The Labute approximate surface area is 179 Å². The number of nitrogens with one attached hydrogen (secondary N) is 2. The molecule has 2 aromatic carbocycles. The number of rotatable bonds is 7. The number of sulfonamides is 1. The Morgan fingerprint density at radius 2 is 1.70 bits per heavy atom. The quantitative estimate of drug-likeness (QED) is 0.707. The molecular formula is C23H32N3O3S+. The lowest BCUT2D eigenvalue weighted by molar-refractivity contribution is -0.885. The molecule has 1 aliphatic rings. The Kier molecular flexibility index (Phi) is 7.28. The van der Waals surface area contributed by atoms with Crippen LogP contribution < -0.4 is 10.2 Å². The van der Waals surface area contributed by atoms with E-state index in [2.05, 4.69) is 12.4 Å². The molecule has 2 N–H and O–H groups in total. The van der Waals surface area contributed by atoms with Crippen molar-refractivity contribution < 1.29 is 18.1 Å². The van der Waals surface area contributed by atoms with Gasteiger partial charge in [0, 0.05) is 31.6 Å². The second-order valence-corrected chi connectivity index (χ2v) is 10.1. The minimum absolute atomic E-state index is 0.0364. The van der Waals surface area contributed by atoms with Crippen LogP contribution in [0.25, 0.3) is 0 Å². The zero-order valence-corrected chi connectivity index (χ0v) is 18.8. The van der Waals surface area contributed by atoms with Crippen LogP contribution >= 0.6 is 0 Å². The maximum atomic E-state index is 13.0. The molecule has 0 spiro atoms. The number of anilines is 1. The molecule has 1 atom stereocenters. The first-order chi connectivity index (χ1) is 14.3. The summed E-state index contributed by atoms with van der Waals surface area (Å²) in [6, 6.07) is 16.2. The van der Waals surface area contributed by atoms with E-state index in [1.807, 2.05) is 37.3 Å². The van der Waals surface area contributed by atoms with E-state index >= 15 is 0 Å². The van der Waals surface area contributed by atoms with Gasteiger partial charge in [0.25, 0.3) is 0 Å². The maximum Gasteiger partial charge on any atom is 0.243 e. The van der Waals surface area contributed by atoms with E-state index in [0.717, 1.165) is 31.5 Å². The largest absolute Gasteiger partial charge is 0.337 e. The number of benzene rings is 2. The van der Waals surface area contributed by atoms with Gasteiger partial charge >= 0.3 is 0 Å². The van der Waals surface area contributed by atoms with Gasteiger partial charge in [-0.1, -0.05) is 37.3 Å². The molecule has 0 unspecified atom stereocenters. The predicted molar refractivity (Wildman–Crippen MR) is 119 cm³/mol. The first-order valence-electron chi connectivity index (χ1n) is 10.6. The maximum absolute atomic E-state index is 13.0. The zero-order valence-electron chi connectivity index (χ0n) is 18.0.